The van der Waals surface area contributed by atoms with E-state index in [1.165, 1.54) is 45.3 Å². The lowest BCUT2D eigenvalue weighted by molar-refractivity contribution is 0.0684. The summed E-state index contributed by atoms with van der Waals surface area (Å²) in [5, 5.41) is 3.59. The number of hydrogen-bond donors (Lipinski definition) is 1. The molecule has 114 valence electrons. The molecule has 19 heavy (non-hydrogen) atoms. The molecule has 0 amide bonds. The maximum atomic E-state index is 3.59. The Morgan fingerprint density at radius 2 is 1.63 bits per heavy atom. The highest BCUT2D eigenvalue weighted by molar-refractivity contribution is 4.86. The van der Waals surface area contributed by atoms with Crippen LogP contribution in [0.1, 0.15) is 67.2 Å². The summed E-state index contributed by atoms with van der Waals surface area (Å²) in [5.41, 5.74) is 1.03. The van der Waals surface area contributed by atoms with Gasteiger partial charge in [-0.25, -0.2) is 0 Å². The maximum Gasteiger partial charge on any atom is 0.00448 e. The van der Waals surface area contributed by atoms with E-state index in [1.807, 2.05) is 0 Å². The lowest BCUT2D eigenvalue weighted by Gasteiger charge is -2.43. The Morgan fingerprint density at radius 1 is 1.11 bits per heavy atom. The molecule has 0 bridgehead atoms. The average Bonchev–Trinajstić information content (AvgIpc) is 2.38. The fourth-order valence-corrected chi connectivity index (χ4v) is 3.28. The van der Waals surface area contributed by atoms with Crippen molar-refractivity contribution in [3.63, 3.8) is 0 Å². The van der Waals surface area contributed by atoms with E-state index in [4.69, 9.17) is 0 Å². The zero-order valence-electron chi connectivity index (χ0n) is 14.2. The summed E-state index contributed by atoms with van der Waals surface area (Å²) >= 11 is 0. The van der Waals surface area contributed by atoms with Gasteiger partial charge in [0.15, 0.2) is 0 Å². The second kappa shape index (κ2) is 7.08. The number of rotatable bonds is 7. The van der Waals surface area contributed by atoms with Crippen LogP contribution in [0.5, 0.6) is 0 Å². The van der Waals surface area contributed by atoms with E-state index >= 15 is 0 Å². The van der Waals surface area contributed by atoms with Gasteiger partial charge in [0.25, 0.3) is 0 Å². The zero-order valence-corrected chi connectivity index (χ0v) is 14.2. The first kappa shape index (κ1) is 17.0. The molecule has 0 aromatic carbocycles. The normalized spacial score (nSPS) is 21.0. The van der Waals surface area contributed by atoms with Crippen LogP contribution in [0.15, 0.2) is 0 Å². The van der Waals surface area contributed by atoms with Gasteiger partial charge in [0.05, 0.1) is 0 Å². The molecule has 0 spiro atoms. The highest BCUT2D eigenvalue weighted by Crippen LogP contribution is 2.38. The molecule has 2 heteroatoms. The second-order valence-corrected chi connectivity index (χ2v) is 7.68. The van der Waals surface area contributed by atoms with Crippen molar-refractivity contribution in [1.82, 2.24) is 10.2 Å². The summed E-state index contributed by atoms with van der Waals surface area (Å²) in [7, 11) is 0. The predicted octanol–water partition coefficient (Wildman–Crippen LogP) is 3.91. The highest BCUT2D eigenvalue weighted by Gasteiger charge is 2.33. The van der Waals surface area contributed by atoms with Crippen LogP contribution >= 0.6 is 0 Å². The van der Waals surface area contributed by atoms with Crippen LogP contribution in [-0.4, -0.2) is 37.1 Å². The van der Waals surface area contributed by atoms with Crippen molar-refractivity contribution in [3.8, 4) is 0 Å². The van der Waals surface area contributed by atoms with Crippen LogP contribution < -0.4 is 5.32 Å². The first-order valence-corrected chi connectivity index (χ1v) is 8.28. The van der Waals surface area contributed by atoms with Crippen molar-refractivity contribution in [2.45, 2.75) is 73.3 Å². The van der Waals surface area contributed by atoms with Crippen molar-refractivity contribution in [2.24, 2.45) is 10.8 Å². The molecule has 1 saturated heterocycles. The summed E-state index contributed by atoms with van der Waals surface area (Å²) in [6, 6.07) is 0.591. The van der Waals surface area contributed by atoms with Gasteiger partial charge in [-0.1, -0.05) is 54.4 Å². The number of nitrogens with zero attached hydrogens (tertiary/aromatic N) is 1. The Hall–Kier alpha value is -0.0800. The quantitative estimate of drug-likeness (QED) is 0.753. The molecule has 1 fully saturated rings. The summed E-state index contributed by atoms with van der Waals surface area (Å²) < 4.78 is 0. The summed E-state index contributed by atoms with van der Waals surface area (Å²) in [6.45, 7) is 18.9. The van der Waals surface area contributed by atoms with Crippen LogP contribution in [0.4, 0.5) is 0 Å². The molecule has 2 nitrogen and oxygen atoms in total. The zero-order chi connectivity index (χ0) is 14.5. The monoisotopic (exact) mass is 268 g/mol. The Labute approximate surface area is 121 Å². The summed E-state index contributed by atoms with van der Waals surface area (Å²) in [4.78, 5) is 2.69. The lowest BCUT2D eigenvalue weighted by Crippen LogP contribution is -2.46. The van der Waals surface area contributed by atoms with E-state index in [0.29, 0.717) is 16.9 Å². The van der Waals surface area contributed by atoms with E-state index in [0.717, 1.165) is 6.54 Å². The largest absolute Gasteiger partial charge is 0.314 e. The Bertz CT molecular complexity index is 244. The Balaban J connectivity index is 2.39. The average molecular weight is 268 g/mol. The van der Waals surface area contributed by atoms with Crippen molar-refractivity contribution in [2.75, 3.05) is 26.2 Å². The van der Waals surface area contributed by atoms with Crippen molar-refractivity contribution in [1.29, 1.82) is 0 Å². The first-order valence-electron chi connectivity index (χ1n) is 8.28. The Morgan fingerprint density at radius 3 is 2.05 bits per heavy atom. The van der Waals surface area contributed by atoms with Crippen molar-refractivity contribution >= 4 is 0 Å². The molecule has 1 N–H and O–H groups in total. The fraction of sp³-hybridized carbons (Fsp3) is 1.00. The third-order valence-corrected chi connectivity index (χ3v) is 5.06. The van der Waals surface area contributed by atoms with Gasteiger partial charge in [0.2, 0.25) is 0 Å². The molecule has 1 aliphatic heterocycles. The smallest absolute Gasteiger partial charge is 0.00448 e. The van der Waals surface area contributed by atoms with Gasteiger partial charge in [0, 0.05) is 19.1 Å². The predicted molar refractivity (Wildman–Crippen MR) is 85.6 cm³/mol. The van der Waals surface area contributed by atoms with E-state index in [9.17, 15) is 0 Å². The van der Waals surface area contributed by atoms with E-state index in [-0.39, 0.29) is 0 Å². The van der Waals surface area contributed by atoms with Gasteiger partial charge in [-0.2, -0.15) is 0 Å². The van der Waals surface area contributed by atoms with Gasteiger partial charge in [-0.15, -0.1) is 0 Å². The van der Waals surface area contributed by atoms with Gasteiger partial charge < -0.3 is 10.2 Å². The lowest BCUT2D eigenvalue weighted by atomic mass is 9.74. The molecule has 1 rings (SSSR count). The number of likely N-dealkylation sites (tertiary alicyclic amines) is 1. The van der Waals surface area contributed by atoms with Crippen molar-refractivity contribution in [3.05, 3.63) is 0 Å². The Kier molecular flexibility index (Phi) is 6.32. The minimum absolute atomic E-state index is 0.378. The van der Waals surface area contributed by atoms with Gasteiger partial charge in [-0.05, 0) is 36.8 Å². The minimum Gasteiger partial charge on any atom is -0.314 e. The number of nitrogens with one attached hydrogen (secondary N) is 1. The summed E-state index contributed by atoms with van der Waals surface area (Å²) in [5.74, 6) is 0. The first-order chi connectivity index (χ1) is 8.82. The van der Waals surface area contributed by atoms with E-state index in [2.05, 4.69) is 51.8 Å². The van der Waals surface area contributed by atoms with Crippen LogP contribution in [0.25, 0.3) is 0 Å². The number of hydrogen-bond acceptors (Lipinski definition) is 2. The standard InChI is InChI=1S/C17H36N2/c1-7-17(8-2)9-11-19(12-10-17)14-16(5,6)13-18-15(3)4/h15,18H,7-14H2,1-6H3. The fourth-order valence-electron chi connectivity index (χ4n) is 3.28. The molecule has 0 unspecified atom stereocenters. The van der Waals surface area contributed by atoms with Crippen LogP contribution in [0.3, 0.4) is 0 Å². The molecule has 1 heterocycles. The third kappa shape index (κ3) is 5.43. The molecular formula is C17H36N2. The van der Waals surface area contributed by atoms with E-state index < -0.39 is 0 Å². The van der Waals surface area contributed by atoms with Crippen LogP contribution in [-0.2, 0) is 0 Å². The molecular weight excluding hydrogens is 232 g/mol. The molecule has 0 aromatic rings. The summed E-state index contributed by atoms with van der Waals surface area (Å²) in [6.07, 6.45) is 5.51. The molecule has 0 atom stereocenters. The topological polar surface area (TPSA) is 15.3 Å². The van der Waals surface area contributed by atoms with Crippen LogP contribution in [0, 0.1) is 10.8 Å². The molecule has 0 saturated carbocycles. The molecule has 0 aliphatic carbocycles. The van der Waals surface area contributed by atoms with Gasteiger partial charge in [0.1, 0.15) is 0 Å². The number of piperidine rings is 1. The van der Waals surface area contributed by atoms with Crippen molar-refractivity contribution < 1.29 is 0 Å². The van der Waals surface area contributed by atoms with Crippen LogP contribution in [0.2, 0.25) is 0 Å². The van der Waals surface area contributed by atoms with E-state index in [1.54, 1.807) is 0 Å². The second-order valence-electron chi connectivity index (χ2n) is 7.68. The minimum atomic E-state index is 0.378. The molecule has 0 aromatic heterocycles. The molecule has 1 aliphatic rings. The molecule has 0 radical (unpaired) electrons. The van der Waals surface area contributed by atoms with Gasteiger partial charge >= 0.3 is 0 Å². The SMILES string of the molecule is CCC1(CC)CCN(CC(C)(C)CNC(C)C)CC1. The third-order valence-electron chi connectivity index (χ3n) is 5.06. The van der Waals surface area contributed by atoms with Gasteiger partial charge in [-0.3, -0.25) is 0 Å². The highest BCUT2D eigenvalue weighted by atomic mass is 15.1. The maximum absolute atomic E-state index is 3.59.